The van der Waals surface area contributed by atoms with E-state index in [4.69, 9.17) is 0 Å². The molecule has 0 spiro atoms. The Bertz CT molecular complexity index is 553. The highest BCUT2D eigenvalue weighted by Gasteiger charge is 2.14. The summed E-state index contributed by atoms with van der Waals surface area (Å²) in [7, 11) is 0. The summed E-state index contributed by atoms with van der Waals surface area (Å²) >= 11 is 0. The van der Waals surface area contributed by atoms with Crippen LogP contribution in [-0.4, -0.2) is 38.4 Å². The first-order chi connectivity index (χ1) is 9.99. The van der Waals surface area contributed by atoms with E-state index in [0.717, 1.165) is 24.2 Å². The smallest absolute Gasteiger partial charge is 0.238 e. The molecule has 2 rings (SSSR count). The maximum atomic E-state index is 10.0. The lowest BCUT2D eigenvalue weighted by molar-refractivity contribution is 0.166. The first-order valence-corrected chi connectivity index (χ1v) is 7.56. The third-order valence-electron chi connectivity index (χ3n) is 3.74. The fraction of sp³-hybridized carbons (Fsp3) is 0.471. The summed E-state index contributed by atoms with van der Waals surface area (Å²) < 4.78 is 1.83. The number of nitrogens with zero attached hydrogens (tertiary/aromatic N) is 3. The Balaban J connectivity index is 2.09. The van der Waals surface area contributed by atoms with Gasteiger partial charge in [0.05, 0.1) is 12.1 Å². The molecule has 21 heavy (non-hydrogen) atoms. The van der Waals surface area contributed by atoms with Gasteiger partial charge in [0.15, 0.2) is 0 Å². The molecule has 0 aliphatic heterocycles. The van der Waals surface area contributed by atoms with E-state index in [0.29, 0.717) is 12.1 Å². The summed E-state index contributed by atoms with van der Waals surface area (Å²) in [5.74, 6) is 0.0989. The molecule has 1 aromatic heterocycles. The molecule has 4 nitrogen and oxygen atoms in total. The van der Waals surface area contributed by atoms with Crippen molar-refractivity contribution in [3.63, 3.8) is 0 Å². The number of benzene rings is 1. The fourth-order valence-corrected chi connectivity index (χ4v) is 2.68. The van der Waals surface area contributed by atoms with Crippen molar-refractivity contribution >= 4 is 0 Å². The monoisotopic (exact) mass is 287 g/mol. The largest absolute Gasteiger partial charge is 0.492 e. The fourth-order valence-electron chi connectivity index (χ4n) is 2.68. The summed E-state index contributed by atoms with van der Waals surface area (Å²) in [5.41, 5.74) is 1.78. The van der Waals surface area contributed by atoms with Crippen molar-refractivity contribution in [2.75, 3.05) is 6.54 Å². The van der Waals surface area contributed by atoms with Crippen LogP contribution in [0.5, 0.6) is 5.88 Å². The Morgan fingerprint density at radius 2 is 1.71 bits per heavy atom. The standard InChI is InChI=1S/C17H25N3O/c1-13(2)20(14(3)4)11-10-19-12-16(17(21)18-19)15-8-6-5-7-9-15/h5-9,12-14H,10-11H2,1-4H3,(H,18,21). The molecule has 0 radical (unpaired) electrons. The van der Waals surface area contributed by atoms with Crippen LogP contribution in [0.3, 0.4) is 0 Å². The maximum absolute atomic E-state index is 10.0. The number of hydrogen-bond donors (Lipinski definition) is 1. The highest BCUT2D eigenvalue weighted by Crippen LogP contribution is 2.27. The van der Waals surface area contributed by atoms with E-state index in [1.165, 1.54) is 0 Å². The van der Waals surface area contributed by atoms with Crippen LogP contribution < -0.4 is 0 Å². The second kappa shape index (κ2) is 6.76. The van der Waals surface area contributed by atoms with E-state index in [1.807, 2.05) is 41.2 Å². The van der Waals surface area contributed by atoms with Crippen LogP contribution in [0.4, 0.5) is 0 Å². The quantitative estimate of drug-likeness (QED) is 0.885. The normalized spacial score (nSPS) is 11.8. The number of aromatic hydroxyl groups is 1. The van der Waals surface area contributed by atoms with E-state index in [9.17, 15) is 5.11 Å². The number of hydrogen-bond acceptors (Lipinski definition) is 3. The van der Waals surface area contributed by atoms with Crippen LogP contribution in [0.1, 0.15) is 27.7 Å². The zero-order valence-electron chi connectivity index (χ0n) is 13.3. The minimum absolute atomic E-state index is 0.0989. The van der Waals surface area contributed by atoms with E-state index >= 15 is 0 Å². The molecule has 0 amide bonds. The van der Waals surface area contributed by atoms with Gasteiger partial charge in [-0.05, 0) is 33.3 Å². The van der Waals surface area contributed by atoms with Gasteiger partial charge in [-0.1, -0.05) is 30.3 Å². The van der Waals surface area contributed by atoms with E-state index in [-0.39, 0.29) is 5.88 Å². The number of rotatable bonds is 6. The maximum Gasteiger partial charge on any atom is 0.238 e. The minimum Gasteiger partial charge on any atom is -0.492 e. The Morgan fingerprint density at radius 3 is 2.29 bits per heavy atom. The Hall–Kier alpha value is -1.81. The van der Waals surface area contributed by atoms with E-state index < -0.39 is 0 Å². The summed E-state index contributed by atoms with van der Waals surface area (Å²) in [6, 6.07) is 10.9. The lowest BCUT2D eigenvalue weighted by Crippen LogP contribution is -2.39. The van der Waals surface area contributed by atoms with Gasteiger partial charge in [0.2, 0.25) is 5.88 Å². The highest BCUT2D eigenvalue weighted by molar-refractivity contribution is 5.67. The van der Waals surface area contributed by atoms with Crippen LogP contribution >= 0.6 is 0 Å². The average molecular weight is 287 g/mol. The molecule has 0 fully saturated rings. The van der Waals surface area contributed by atoms with Crippen molar-refractivity contribution in [1.29, 1.82) is 0 Å². The predicted octanol–water partition coefficient (Wildman–Crippen LogP) is 3.37. The summed E-state index contributed by atoms with van der Waals surface area (Å²) in [5, 5.41) is 14.2. The van der Waals surface area contributed by atoms with Gasteiger partial charge in [0.1, 0.15) is 0 Å². The first-order valence-electron chi connectivity index (χ1n) is 7.56. The second-order valence-corrected chi connectivity index (χ2v) is 5.92. The third-order valence-corrected chi connectivity index (χ3v) is 3.74. The Morgan fingerprint density at radius 1 is 1.10 bits per heavy atom. The second-order valence-electron chi connectivity index (χ2n) is 5.92. The molecule has 114 valence electrons. The van der Waals surface area contributed by atoms with Crippen LogP contribution in [0.15, 0.2) is 36.5 Å². The summed E-state index contributed by atoms with van der Waals surface area (Å²) in [4.78, 5) is 2.42. The lowest BCUT2D eigenvalue weighted by atomic mass is 10.1. The zero-order chi connectivity index (χ0) is 15.4. The first kappa shape index (κ1) is 15.6. The summed E-state index contributed by atoms with van der Waals surface area (Å²) in [6.07, 6.45) is 1.92. The molecule has 0 unspecified atom stereocenters. The molecule has 1 aromatic carbocycles. The van der Waals surface area contributed by atoms with Crippen molar-refractivity contribution in [3.05, 3.63) is 36.5 Å². The molecule has 1 heterocycles. The molecule has 0 saturated heterocycles. The molecule has 0 atom stereocenters. The predicted molar refractivity (Wildman–Crippen MR) is 86.3 cm³/mol. The van der Waals surface area contributed by atoms with Gasteiger partial charge < -0.3 is 5.11 Å². The van der Waals surface area contributed by atoms with Crippen molar-refractivity contribution in [1.82, 2.24) is 14.7 Å². The summed E-state index contributed by atoms with van der Waals surface area (Å²) in [6.45, 7) is 10.5. The van der Waals surface area contributed by atoms with Gasteiger partial charge >= 0.3 is 0 Å². The molecule has 0 saturated carbocycles. The van der Waals surface area contributed by atoms with Crippen LogP contribution in [-0.2, 0) is 6.54 Å². The van der Waals surface area contributed by atoms with Gasteiger partial charge in [-0.15, -0.1) is 5.10 Å². The number of aromatic nitrogens is 2. The van der Waals surface area contributed by atoms with Crippen molar-refractivity contribution in [2.24, 2.45) is 0 Å². The van der Waals surface area contributed by atoms with Gasteiger partial charge in [-0.2, -0.15) is 0 Å². The van der Waals surface area contributed by atoms with Crippen molar-refractivity contribution < 1.29 is 5.11 Å². The van der Waals surface area contributed by atoms with Crippen molar-refractivity contribution in [2.45, 2.75) is 46.3 Å². The molecular formula is C17H25N3O. The Kier molecular flexibility index (Phi) is 5.02. The van der Waals surface area contributed by atoms with Gasteiger partial charge in [0, 0.05) is 24.8 Å². The highest BCUT2D eigenvalue weighted by atomic mass is 16.3. The van der Waals surface area contributed by atoms with Crippen molar-refractivity contribution in [3.8, 4) is 17.0 Å². The molecule has 0 aliphatic carbocycles. The molecule has 2 aromatic rings. The topological polar surface area (TPSA) is 41.3 Å². The molecular weight excluding hydrogens is 262 g/mol. The van der Waals surface area contributed by atoms with E-state index in [1.54, 1.807) is 0 Å². The molecule has 0 aliphatic rings. The SMILES string of the molecule is CC(C)N(CCn1cc(-c2ccccc2)c(O)n1)C(C)C. The van der Waals surface area contributed by atoms with Crippen LogP contribution in [0.2, 0.25) is 0 Å². The minimum atomic E-state index is 0.0989. The zero-order valence-corrected chi connectivity index (χ0v) is 13.3. The van der Waals surface area contributed by atoms with Gasteiger partial charge in [0.25, 0.3) is 0 Å². The van der Waals surface area contributed by atoms with Crippen LogP contribution in [0.25, 0.3) is 11.1 Å². The Labute approximate surface area is 127 Å². The average Bonchev–Trinajstić information content (AvgIpc) is 2.80. The third kappa shape index (κ3) is 3.85. The lowest BCUT2D eigenvalue weighted by Gasteiger charge is -2.30. The van der Waals surface area contributed by atoms with Gasteiger partial charge in [-0.3, -0.25) is 9.58 Å². The molecule has 4 heteroatoms. The van der Waals surface area contributed by atoms with Crippen LogP contribution in [0, 0.1) is 0 Å². The molecule has 1 N–H and O–H groups in total. The van der Waals surface area contributed by atoms with Gasteiger partial charge in [-0.25, -0.2) is 0 Å². The van der Waals surface area contributed by atoms with E-state index in [2.05, 4.69) is 37.7 Å². The molecule has 0 bridgehead atoms.